The van der Waals surface area contributed by atoms with Crippen LogP contribution in [0.25, 0.3) is 0 Å². The van der Waals surface area contributed by atoms with Crippen LogP contribution in [0.2, 0.25) is 0 Å². The minimum atomic E-state index is -4.68. The molecule has 0 radical (unpaired) electrons. The summed E-state index contributed by atoms with van der Waals surface area (Å²) < 4.78 is 103. The second kappa shape index (κ2) is 8.90. The Hall–Kier alpha value is -1.83. The van der Waals surface area contributed by atoms with Crippen LogP contribution >= 0.6 is 7.60 Å². The van der Waals surface area contributed by atoms with Gasteiger partial charge < -0.3 is 9.05 Å². The van der Waals surface area contributed by atoms with Crippen molar-refractivity contribution in [3.8, 4) is 0 Å². The molecule has 2 aromatic carbocycles. The van der Waals surface area contributed by atoms with Crippen molar-refractivity contribution < 1.29 is 40.0 Å². The summed E-state index contributed by atoms with van der Waals surface area (Å²) in [5.74, 6) is 0. The van der Waals surface area contributed by atoms with Gasteiger partial charge in [0.1, 0.15) is 5.66 Å². The van der Waals surface area contributed by atoms with Gasteiger partial charge in [-0.2, -0.15) is 26.3 Å². The molecule has 0 spiro atoms. The van der Waals surface area contributed by atoms with E-state index in [1.807, 2.05) is 0 Å². The van der Waals surface area contributed by atoms with Gasteiger partial charge in [0.25, 0.3) is 0 Å². The quantitative estimate of drug-likeness (QED) is 0.341. The molecule has 0 heterocycles. The molecule has 10 heteroatoms. The van der Waals surface area contributed by atoms with Crippen LogP contribution in [-0.2, 0) is 26.0 Å². The summed E-state index contributed by atoms with van der Waals surface area (Å²) in [4.78, 5) is 0. The fourth-order valence-electron chi connectivity index (χ4n) is 2.87. The molecule has 0 aliphatic carbocycles. The SMILES string of the molecule is CCOP(=O)(OCC)C(c1cccc(C(F)(F)F)c1)c1cccc(C(F)(F)F)c1. The van der Waals surface area contributed by atoms with E-state index in [1.54, 1.807) is 0 Å². The summed E-state index contributed by atoms with van der Waals surface area (Å²) in [5.41, 5.74) is -3.75. The highest BCUT2D eigenvalue weighted by molar-refractivity contribution is 7.54. The first kappa shape index (κ1) is 23.4. The number of halogens is 6. The second-order valence-electron chi connectivity index (χ2n) is 6.02. The average molecular weight is 440 g/mol. The number of rotatable bonds is 7. The Balaban J connectivity index is 2.73. The molecule has 0 saturated heterocycles. The maximum atomic E-state index is 13.4. The number of alkyl halides is 6. The van der Waals surface area contributed by atoms with E-state index >= 15 is 0 Å². The zero-order chi connectivity index (χ0) is 21.9. The van der Waals surface area contributed by atoms with Crippen LogP contribution in [0.15, 0.2) is 48.5 Å². The van der Waals surface area contributed by atoms with Gasteiger partial charge in [-0.05, 0) is 37.1 Å². The van der Waals surface area contributed by atoms with Crippen molar-refractivity contribution >= 4 is 7.60 Å². The van der Waals surface area contributed by atoms with Crippen molar-refractivity contribution in [1.29, 1.82) is 0 Å². The van der Waals surface area contributed by atoms with Crippen molar-refractivity contribution in [2.45, 2.75) is 31.9 Å². The van der Waals surface area contributed by atoms with Gasteiger partial charge in [-0.25, -0.2) is 0 Å². The average Bonchev–Trinajstić information content (AvgIpc) is 2.61. The lowest BCUT2D eigenvalue weighted by Gasteiger charge is -2.28. The van der Waals surface area contributed by atoms with Crippen LogP contribution in [0.5, 0.6) is 0 Å². The standard InChI is InChI=1S/C19H19F6O3P/c1-3-27-29(26,28-4-2)17(13-7-5-9-15(11-13)18(20,21)22)14-8-6-10-16(12-14)19(23,24)25/h5-12,17H,3-4H2,1-2H3. The van der Waals surface area contributed by atoms with Crippen LogP contribution in [0.1, 0.15) is 41.8 Å². The van der Waals surface area contributed by atoms with Gasteiger partial charge in [0.05, 0.1) is 24.3 Å². The smallest absolute Gasteiger partial charge is 0.308 e. The Morgan fingerprint density at radius 2 is 1.17 bits per heavy atom. The number of hydrogen-bond acceptors (Lipinski definition) is 3. The van der Waals surface area contributed by atoms with Crippen LogP contribution in [-0.4, -0.2) is 13.2 Å². The van der Waals surface area contributed by atoms with Gasteiger partial charge in [-0.15, -0.1) is 0 Å². The summed E-state index contributed by atoms with van der Waals surface area (Å²) in [5, 5.41) is 0. The third kappa shape index (κ3) is 5.62. The van der Waals surface area contributed by atoms with Crippen LogP contribution < -0.4 is 0 Å². The molecule has 0 saturated carbocycles. The molecule has 0 aliphatic rings. The van der Waals surface area contributed by atoms with Gasteiger partial charge in [0.2, 0.25) is 0 Å². The third-order valence-corrected chi connectivity index (χ3v) is 6.46. The molecule has 29 heavy (non-hydrogen) atoms. The fourth-order valence-corrected chi connectivity index (χ4v) is 5.02. The molecule has 0 bridgehead atoms. The van der Waals surface area contributed by atoms with Crippen molar-refractivity contribution in [1.82, 2.24) is 0 Å². The maximum Gasteiger partial charge on any atom is 0.416 e. The van der Waals surface area contributed by atoms with E-state index in [9.17, 15) is 30.9 Å². The van der Waals surface area contributed by atoms with Gasteiger partial charge in [0.15, 0.2) is 0 Å². The Morgan fingerprint density at radius 1 is 0.793 bits per heavy atom. The predicted octanol–water partition coefficient (Wildman–Crippen LogP) is 7.08. The topological polar surface area (TPSA) is 35.5 Å². The molecule has 0 N–H and O–H groups in total. The van der Waals surface area contributed by atoms with Gasteiger partial charge in [-0.1, -0.05) is 36.4 Å². The molecule has 160 valence electrons. The molecular weight excluding hydrogens is 421 g/mol. The summed E-state index contributed by atoms with van der Waals surface area (Å²) in [7, 11) is -4.15. The van der Waals surface area contributed by atoms with Crippen LogP contribution in [0, 0.1) is 0 Å². The van der Waals surface area contributed by atoms with Crippen molar-refractivity contribution in [3.05, 3.63) is 70.8 Å². The maximum absolute atomic E-state index is 13.4. The summed E-state index contributed by atoms with van der Waals surface area (Å²) in [6.07, 6.45) is -9.37. The van der Waals surface area contributed by atoms with Crippen LogP contribution in [0.4, 0.5) is 26.3 Å². The van der Waals surface area contributed by atoms with E-state index in [1.165, 1.54) is 26.0 Å². The lowest BCUT2D eigenvalue weighted by molar-refractivity contribution is -0.138. The Bertz CT molecular complexity index is 811. The van der Waals surface area contributed by atoms with E-state index in [2.05, 4.69) is 0 Å². The predicted molar refractivity (Wildman–Crippen MR) is 95.6 cm³/mol. The molecule has 0 aromatic heterocycles. The number of benzene rings is 2. The summed E-state index contributed by atoms with van der Waals surface area (Å²) in [6, 6.07) is 7.83. The molecule has 0 fully saturated rings. The van der Waals surface area contributed by atoms with Gasteiger partial charge in [-0.3, -0.25) is 4.57 Å². The van der Waals surface area contributed by atoms with Crippen molar-refractivity contribution in [2.75, 3.05) is 13.2 Å². The normalized spacial score (nSPS) is 13.1. The van der Waals surface area contributed by atoms with Crippen molar-refractivity contribution in [2.24, 2.45) is 0 Å². The number of hydrogen-bond donors (Lipinski definition) is 0. The second-order valence-corrected chi connectivity index (χ2v) is 8.14. The van der Waals surface area contributed by atoms with Crippen LogP contribution in [0.3, 0.4) is 0 Å². The highest BCUT2D eigenvalue weighted by Gasteiger charge is 2.41. The van der Waals surface area contributed by atoms with E-state index in [4.69, 9.17) is 9.05 Å². The van der Waals surface area contributed by atoms with E-state index in [-0.39, 0.29) is 24.3 Å². The highest BCUT2D eigenvalue weighted by atomic mass is 31.2. The van der Waals surface area contributed by atoms with Gasteiger partial charge >= 0.3 is 19.9 Å². The van der Waals surface area contributed by atoms with E-state index in [0.29, 0.717) is 0 Å². The Kier molecular flexibility index (Phi) is 7.19. The molecule has 0 amide bonds. The largest absolute Gasteiger partial charge is 0.416 e. The lowest BCUT2D eigenvalue weighted by Crippen LogP contribution is -2.12. The van der Waals surface area contributed by atoms with E-state index in [0.717, 1.165) is 36.4 Å². The van der Waals surface area contributed by atoms with E-state index < -0.39 is 36.7 Å². The first-order valence-corrected chi connectivity index (χ1v) is 10.3. The van der Waals surface area contributed by atoms with Gasteiger partial charge in [0, 0.05) is 0 Å². The third-order valence-electron chi connectivity index (χ3n) is 3.99. The molecular formula is C19H19F6O3P. The van der Waals surface area contributed by atoms with Crippen molar-refractivity contribution in [3.63, 3.8) is 0 Å². The molecule has 0 unspecified atom stereocenters. The Labute approximate surface area is 164 Å². The molecule has 0 atom stereocenters. The monoisotopic (exact) mass is 440 g/mol. The zero-order valence-electron chi connectivity index (χ0n) is 15.6. The zero-order valence-corrected chi connectivity index (χ0v) is 16.4. The summed E-state index contributed by atoms with van der Waals surface area (Å²) in [6.45, 7) is 2.79. The first-order chi connectivity index (χ1) is 13.4. The lowest BCUT2D eigenvalue weighted by atomic mass is 10.00. The fraction of sp³-hybridized carbons (Fsp3) is 0.368. The minimum Gasteiger partial charge on any atom is -0.308 e. The Morgan fingerprint density at radius 3 is 1.48 bits per heavy atom. The molecule has 2 aromatic rings. The minimum absolute atomic E-state index is 0.105. The molecule has 2 rings (SSSR count). The first-order valence-electron chi connectivity index (χ1n) is 8.65. The highest BCUT2D eigenvalue weighted by Crippen LogP contribution is 2.64. The molecule has 0 aliphatic heterocycles. The summed E-state index contributed by atoms with van der Waals surface area (Å²) >= 11 is 0. The molecule has 3 nitrogen and oxygen atoms in total.